The molecule has 1 N–H and O–H groups in total. The molecule has 3 heteroatoms. The minimum atomic E-state index is -0.108. The quantitative estimate of drug-likeness (QED) is 0.172. The van der Waals surface area contributed by atoms with Crippen LogP contribution in [0.3, 0.4) is 0 Å². The third-order valence-electron chi connectivity index (χ3n) is 5.24. The SMILES string of the molecule is CCCCCCCCCCCC[n+]1ccc(/C=C/C(=O)c2cccc(O)c2)cc1. The van der Waals surface area contributed by atoms with Gasteiger partial charge in [0.25, 0.3) is 0 Å². The first-order chi connectivity index (χ1) is 14.2. The topological polar surface area (TPSA) is 41.2 Å². The van der Waals surface area contributed by atoms with Crippen LogP contribution >= 0.6 is 0 Å². The van der Waals surface area contributed by atoms with Gasteiger partial charge in [-0.25, -0.2) is 4.57 Å². The Bertz CT molecular complexity index is 750. The Morgan fingerprint density at radius 2 is 1.52 bits per heavy atom. The fourth-order valence-electron chi connectivity index (χ4n) is 3.44. The summed E-state index contributed by atoms with van der Waals surface area (Å²) in [6.45, 7) is 3.31. The van der Waals surface area contributed by atoms with Gasteiger partial charge in [0.05, 0.1) is 0 Å². The maximum absolute atomic E-state index is 12.1. The number of aryl methyl sites for hydroxylation is 1. The van der Waals surface area contributed by atoms with Crippen LogP contribution in [-0.2, 0) is 6.54 Å². The normalized spacial score (nSPS) is 11.2. The van der Waals surface area contributed by atoms with Gasteiger partial charge in [0.15, 0.2) is 18.2 Å². The largest absolute Gasteiger partial charge is 0.508 e. The van der Waals surface area contributed by atoms with Crippen molar-refractivity contribution >= 4 is 11.9 Å². The number of hydrogen-bond acceptors (Lipinski definition) is 2. The minimum Gasteiger partial charge on any atom is -0.508 e. The van der Waals surface area contributed by atoms with Gasteiger partial charge in [-0.1, -0.05) is 76.5 Å². The Kier molecular flexibility index (Phi) is 10.8. The predicted octanol–water partition coefficient (Wildman–Crippen LogP) is 6.50. The van der Waals surface area contributed by atoms with Crippen LogP contribution in [0.4, 0.5) is 0 Å². The minimum absolute atomic E-state index is 0.108. The van der Waals surface area contributed by atoms with Crippen LogP contribution in [-0.4, -0.2) is 10.9 Å². The number of ketones is 1. The molecule has 0 aliphatic heterocycles. The van der Waals surface area contributed by atoms with Crippen molar-refractivity contribution in [3.05, 3.63) is 66.0 Å². The Hall–Kier alpha value is -2.42. The standard InChI is InChI=1S/C26H35NO2/c1-2-3-4-5-6-7-8-9-10-11-19-27-20-17-23(18-21-27)15-16-26(29)24-13-12-14-25(28)22-24/h12-18,20-22H,2-11,19H2,1H3/p+1/b16-15+. The highest BCUT2D eigenvalue weighted by Gasteiger charge is 2.03. The third kappa shape index (κ3) is 9.56. The summed E-state index contributed by atoms with van der Waals surface area (Å²) in [5.41, 5.74) is 1.49. The molecule has 0 saturated carbocycles. The van der Waals surface area contributed by atoms with E-state index in [1.807, 2.05) is 18.2 Å². The number of phenolic OH excluding ortho intramolecular Hbond substituents is 1. The third-order valence-corrected chi connectivity index (χ3v) is 5.24. The predicted molar refractivity (Wildman–Crippen MR) is 120 cm³/mol. The van der Waals surface area contributed by atoms with Crippen molar-refractivity contribution in [2.75, 3.05) is 0 Å². The molecule has 2 aromatic rings. The second-order valence-corrected chi connectivity index (χ2v) is 7.80. The first-order valence-electron chi connectivity index (χ1n) is 11.2. The summed E-state index contributed by atoms with van der Waals surface area (Å²) in [7, 11) is 0. The van der Waals surface area contributed by atoms with E-state index < -0.39 is 0 Å². The van der Waals surface area contributed by atoms with Crippen LogP contribution < -0.4 is 4.57 Å². The van der Waals surface area contributed by atoms with Gasteiger partial charge in [-0.15, -0.1) is 0 Å². The number of hydrogen-bond donors (Lipinski definition) is 1. The van der Waals surface area contributed by atoms with Gasteiger partial charge in [-0.3, -0.25) is 4.79 Å². The van der Waals surface area contributed by atoms with Crippen LogP contribution in [0.15, 0.2) is 54.9 Å². The van der Waals surface area contributed by atoms with Crippen molar-refractivity contribution in [2.24, 2.45) is 0 Å². The lowest BCUT2D eigenvalue weighted by Gasteiger charge is -2.01. The number of pyridine rings is 1. The van der Waals surface area contributed by atoms with Crippen LogP contribution in [0, 0.1) is 0 Å². The zero-order valence-corrected chi connectivity index (χ0v) is 17.9. The molecule has 29 heavy (non-hydrogen) atoms. The van der Waals surface area contributed by atoms with Gasteiger partial charge in [0, 0.05) is 24.1 Å². The van der Waals surface area contributed by atoms with E-state index in [1.54, 1.807) is 24.3 Å². The van der Waals surface area contributed by atoms with Crippen LogP contribution in [0.5, 0.6) is 5.75 Å². The van der Waals surface area contributed by atoms with Crippen molar-refractivity contribution in [1.29, 1.82) is 0 Å². The molecule has 0 amide bonds. The Morgan fingerprint density at radius 1 is 0.897 bits per heavy atom. The van der Waals surface area contributed by atoms with Gasteiger partial charge in [0.2, 0.25) is 0 Å². The zero-order chi connectivity index (χ0) is 20.7. The molecule has 0 aliphatic carbocycles. The van der Waals surface area contributed by atoms with Gasteiger partial charge in [0.1, 0.15) is 12.3 Å². The average Bonchev–Trinajstić information content (AvgIpc) is 2.74. The average molecular weight is 395 g/mol. The number of unbranched alkanes of at least 4 members (excludes halogenated alkanes) is 9. The molecule has 0 atom stereocenters. The second-order valence-electron chi connectivity index (χ2n) is 7.80. The molecule has 1 aromatic heterocycles. The number of aromatic nitrogens is 1. The first-order valence-corrected chi connectivity index (χ1v) is 11.2. The fraction of sp³-hybridized carbons (Fsp3) is 0.462. The molecule has 1 heterocycles. The summed E-state index contributed by atoms with van der Waals surface area (Å²) >= 11 is 0. The Labute approximate surface area is 176 Å². The molecule has 156 valence electrons. The number of aromatic hydroxyl groups is 1. The fourth-order valence-corrected chi connectivity index (χ4v) is 3.44. The Morgan fingerprint density at radius 3 is 2.14 bits per heavy atom. The van der Waals surface area contributed by atoms with Crippen molar-refractivity contribution in [3.8, 4) is 5.75 Å². The maximum Gasteiger partial charge on any atom is 0.185 e. The molecule has 3 nitrogen and oxygen atoms in total. The molecule has 0 radical (unpaired) electrons. The number of carbonyl (C=O) groups excluding carboxylic acids is 1. The van der Waals surface area contributed by atoms with E-state index in [0.29, 0.717) is 5.56 Å². The van der Waals surface area contributed by atoms with Gasteiger partial charge < -0.3 is 5.11 Å². The lowest BCUT2D eigenvalue weighted by atomic mass is 10.1. The zero-order valence-electron chi connectivity index (χ0n) is 17.9. The molecular weight excluding hydrogens is 358 g/mol. The first kappa shape index (κ1) is 22.9. The van der Waals surface area contributed by atoms with Crippen molar-refractivity contribution in [1.82, 2.24) is 0 Å². The summed E-state index contributed by atoms with van der Waals surface area (Å²) in [5.74, 6) is -0.0000280. The lowest BCUT2D eigenvalue weighted by molar-refractivity contribution is -0.697. The number of allylic oxidation sites excluding steroid dienone is 1. The lowest BCUT2D eigenvalue weighted by Crippen LogP contribution is -2.32. The number of benzene rings is 1. The number of carbonyl (C=O) groups is 1. The van der Waals surface area contributed by atoms with E-state index in [0.717, 1.165) is 12.1 Å². The Balaban J connectivity index is 1.62. The van der Waals surface area contributed by atoms with E-state index in [2.05, 4.69) is 23.9 Å². The van der Waals surface area contributed by atoms with Gasteiger partial charge >= 0.3 is 0 Å². The molecule has 2 rings (SSSR count). The van der Waals surface area contributed by atoms with E-state index in [1.165, 1.54) is 70.3 Å². The van der Waals surface area contributed by atoms with Gasteiger partial charge in [-0.05, 0) is 30.2 Å². The van der Waals surface area contributed by atoms with Crippen LogP contribution in [0.1, 0.15) is 87.1 Å². The summed E-state index contributed by atoms with van der Waals surface area (Å²) in [6, 6.07) is 10.5. The second kappa shape index (κ2) is 13.7. The maximum atomic E-state index is 12.1. The molecule has 0 bridgehead atoms. The van der Waals surface area contributed by atoms with E-state index in [4.69, 9.17) is 0 Å². The van der Waals surface area contributed by atoms with Crippen molar-refractivity contribution in [2.45, 2.75) is 77.7 Å². The summed E-state index contributed by atoms with van der Waals surface area (Å²) in [4.78, 5) is 12.1. The van der Waals surface area contributed by atoms with Gasteiger partial charge in [-0.2, -0.15) is 0 Å². The van der Waals surface area contributed by atoms with Crippen molar-refractivity contribution < 1.29 is 14.5 Å². The van der Waals surface area contributed by atoms with Crippen LogP contribution in [0.2, 0.25) is 0 Å². The van der Waals surface area contributed by atoms with E-state index >= 15 is 0 Å². The summed E-state index contributed by atoms with van der Waals surface area (Å²) in [6.07, 6.45) is 21.1. The molecule has 0 aliphatic rings. The van der Waals surface area contributed by atoms with E-state index in [-0.39, 0.29) is 11.5 Å². The van der Waals surface area contributed by atoms with Crippen molar-refractivity contribution in [3.63, 3.8) is 0 Å². The highest BCUT2D eigenvalue weighted by atomic mass is 16.3. The molecular formula is C26H36NO2+. The highest BCUT2D eigenvalue weighted by Crippen LogP contribution is 2.13. The summed E-state index contributed by atoms with van der Waals surface area (Å²) < 4.78 is 2.21. The molecule has 0 saturated heterocycles. The number of rotatable bonds is 14. The van der Waals surface area contributed by atoms with Crippen LogP contribution in [0.25, 0.3) is 6.08 Å². The monoisotopic (exact) mass is 394 g/mol. The molecule has 0 fully saturated rings. The smallest absolute Gasteiger partial charge is 0.185 e. The van der Waals surface area contributed by atoms with E-state index in [9.17, 15) is 9.90 Å². The molecule has 0 spiro atoms. The molecule has 0 unspecified atom stereocenters. The molecule has 1 aromatic carbocycles. The number of nitrogens with zero attached hydrogens (tertiary/aromatic N) is 1. The summed E-state index contributed by atoms with van der Waals surface area (Å²) in [5, 5.41) is 9.47. The highest BCUT2D eigenvalue weighted by molar-refractivity contribution is 6.06. The number of phenols is 1.